The second-order valence-electron chi connectivity index (χ2n) is 4.25. The summed E-state index contributed by atoms with van der Waals surface area (Å²) in [5.41, 5.74) is 3.55. The van der Waals surface area contributed by atoms with Crippen LogP contribution in [0, 0.1) is 0 Å². The van der Waals surface area contributed by atoms with Crippen molar-refractivity contribution in [3.8, 4) is 0 Å². The highest BCUT2D eigenvalue weighted by atomic mass is 16.1. The number of hydrogen-bond donors (Lipinski definition) is 0. The fraction of sp³-hybridized carbons (Fsp3) is 0.462. The zero-order chi connectivity index (χ0) is 10.8. The van der Waals surface area contributed by atoms with Crippen molar-refractivity contribution in [2.24, 2.45) is 0 Å². The van der Waals surface area contributed by atoms with E-state index < -0.39 is 0 Å². The Morgan fingerprint density at radius 3 is 2.73 bits per heavy atom. The molecule has 0 bridgehead atoms. The maximum Gasteiger partial charge on any atom is 0.159 e. The summed E-state index contributed by atoms with van der Waals surface area (Å²) in [6, 6.07) is 6.09. The van der Waals surface area contributed by atoms with Crippen molar-refractivity contribution in [1.29, 1.82) is 0 Å². The molecular weight excluding hydrogens is 186 g/mol. The molecule has 80 valence electrons. The van der Waals surface area contributed by atoms with E-state index in [9.17, 15) is 4.79 Å². The summed E-state index contributed by atoms with van der Waals surface area (Å²) < 4.78 is 0. The summed E-state index contributed by atoms with van der Waals surface area (Å²) in [6.07, 6.45) is 1.19. The minimum atomic E-state index is 0.159. The third kappa shape index (κ3) is 2.10. The Morgan fingerprint density at radius 1 is 1.33 bits per heavy atom. The number of rotatable bonds is 3. The number of fused-ring (bicyclic) bond motifs is 1. The summed E-state index contributed by atoms with van der Waals surface area (Å²) in [5, 5.41) is 0. The lowest BCUT2D eigenvalue weighted by Crippen LogP contribution is -2.16. The summed E-state index contributed by atoms with van der Waals surface area (Å²) in [5.74, 6) is 0.159. The average Bonchev–Trinajstić information content (AvgIpc) is 2.59. The molecule has 1 aromatic rings. The Bertz CT molecular complexity index is 384. The first-order chi connectivity index (χ1) is 7.20. The number of hydrogen-bond acceptors (Lipinski definition) is 2. The van der Waals surface area contributed by atoms with Crippen LogP contribution >= 0.6 is 0 Å². The van der Waals surface area contributed by atoms with Gasteiger partial charge in [0.25, 0.3) is 0 Å². The average molecular weight is 203 g/mol. The molecule has 1 heterocycles. The molecule has 0 aromatic heterocycles. The molecule has 2 heteroatoms. The molecule has 1 aliphatic rings. The number of benzene rings is 1. The second-order valence-corrected chi connectivity index (χ2v) is 4.25. The van der Waals surface area contributed by atoms with Crippen LogP contribution in [0.4, 0.5) is 0 Å². The van der Waals surface area contributed by atoms with E-state index in [0.29, 0.717) is 0 Å². The highest BCUT2D eigenvalue weighted by Gasteiger charge is 2.18. The van der Waals surface area contributed by atoms with Crippen LogP contribution in [0.3, 0.4) is 0 Å². The van der Waals surface area contributed by atoms with E-state index >= 15 is 0 Å². The molecule has 2 rings (SSSR count). The Labute approximate surface area is 90.9 Å². The second kappa shape index (κ2) is 4.15. The van der Waals surface area contributed by atoms with Crippen LogP contribution in [-0.4, -0.2) is 17.2 Å². The number of ketones is 1. The molecule has 0 fully saturated rings. The molecule has 0 aliphatic carbocycles. The Morgan fingerprint density at radius 2 is 2.07 bits per heavy atom. The third-order valence-electron chi connectivity index (χ3n) is 2.94. The Kier molecular flexibility index (Phi) is 2.87. The van der Waals surface area contributed by atoms with Crippen LogP contribution in [0.5, 0.6) is 0 Å². The van der Waals surface area contributed by atoms with Crippen molar-refractivity contribution in [1.82, 2.24) is 4.90 Å². The third-order valence-corrected chi connectivity index (χ3v) is 2.94. The van der Waals surface area contributed by atoms with E-state index in [0.717, 1.165) is 25.2 Å². The van der Waals surface area contributed by atoms with Crippen LogP contribution < -0.4 is 0 Å². The summed E-state index contributed by atoms with van der Waals surface area (Å²) in [6.45, 7) is 7.01. The highest BCUT2D eigenvalue weighted by Crippen LogP contribution is 2.23. The van der Waals surface area contributed by atoms with E-state index in [-0.39, 0.29) is 5.78 Å². The van der Waals surface area contributed by atoms with Gasteiger partial charge in [0.2, 0.25) is 0 Å². The molecule has 15 heavy (non-hydrogen) atoms. The van der Waals surface area contributed by atoms with Gasteiger partial charge in [-0.25, -0.2) is 0 Å². The van der Waals surface area contributed by atoms with Crippen molar-refractivity contribution >= 4 is 5.78 Å². The van der Waals surface area contributed by atoms with Crippen LogP contribution in [0.2, 0.25) is 0 Å². The first-order valence-electron chi connectivity index (χ1n) is 5.56. The number of nitrogens with zero attached hydrogens (tertiary/aromatic N) is 1. The monoisotopic (exact) mass is 203 g/mol. The summed E-state index contributed by atoms with van der Waals surface area (Å²) in [7, 11) is 0. The lowest BCUT2D eigenvalue weighted by molar-refractivity contribution is 0.101. The lowest BCUT2D eigenvalue weighted by Gasteiger charge is -2.11. The Hall–Kier alpha value is -1.15. The van der Waals surface area contributed by atoms with E-state index in [2.05, 4.69) is 17.9 Å². The minimum Gasteiger partial charge on any atom is -0.295 e. The van der Waals surface area contributed by atoms with Crippen LogP contribution in [0.15, 0.2) is 18.2 Å². The van der Waals surface area contributed by atoms with Gasteiger partial charge >= 0.3 is 0 Å². The maximum atomic E-state index is 11.2. The van der Waals surface area contributed by atoms with Crippen molar-refractivity contribution in [2.75, 3.05) is 6.54 Å². The maximum absolute atomic E-state index is 11.2. The molecule has 0 amide bonds. The molecule has 0 saturated heterocycles. The van der Waals surface area contributed by atoms with E-state index in [1.807, 2.05) is 12.1 Å². The van der Waals surface area contributed by atoms with Gasteiger partial charge in [-0.2, -0.15) is 0 Å². The molecular formula is C13H17NO. The standard InChI is InChI=1S/C13H17NO/c1-3-6-14-8-12-5-4-11(10(2)15)7-13(12)9-14/h4-5,7H,3,6,8-9H2,1-2H3. The highest BCUT2D eigenvalue weighted by molar-refractivity contribution is 5.94. The quantitative estimate of drug-likeness (QED) is 0.704. The van der Waals surface area contributed by atoms with Crippen LogP contribution in [0.1, 0.15) is 41.8 Å². The number of carbonyl (C=O) groups is 1. The predicted octanol–water partition coefficient (Wildman–Crippen LogP) is 2.61. The van der Waals surface area contributed by atoms with Gasteiger partial charge in [-0.3, -0.25) is 9.69 Å². The number of carbonyl (C=O) groups excluding carboxylic acids is 1. The molecule has 1 aliphatic heterocycles. The largest absolute Gasteiger partial charge is 0.295 e. The van der Waals surface area contributed by atoms with Gasteiger partial charge < -0.3 is 0 Å². The first-order valence-corrected chi connectivity index (χ1v) is 5.56. The van der Waals surface area contributed by atoms with Gasteiger partial charge in [0, 0.05) is 18.7 Å². The van der Waals surface area contributed by atoms with Gasteiger partial charge in [-0.1, -0.05) is 19.1 Å². The summed E-state index contributed by atoms with van der Waals surface area (Å²) in [4.78, 5) is 13.7. The summed E-state index contributed by atoms with van der Waals surface area (Å²) >= 11 is 0. The zero-order valence-electron chi connectivity index (χ0n) is 9.42. The van der Waals surface area contributed by atoms with Crippen molar-refractivity contribution in [2.45, 2.75) is 33.4 Å². The van der Waals surface area contributed by atoms with Crippen molar-refractivity contribution in [3.63, 3.8) is 0 Å². The van der Waals surface area contributed by atoms with E-state index in [1.54, 1.807) is 6.92 Å². The molecule has 2 nitrogen and oxygen atoms in total. The fourth-order valence-corrected chi connectivity index (χ4v) is 2.16. The normalized spacial score (nSPS) is 15.3. The van der Waals surface area contributed by atoms with E-state index in [4.69, 9.17) is 0 Å². The molecule has 1 aromatic carbocycles. The van der Waals surface area contributed by atoms with Gasteiger partial charge in [-0.15, -0.1) is 0 Å². The van der Waals surface area contributed by atoms with Gasteiger partial charge in [-0.05, 0) is 37.1 Å². The molecule has 0 spiro atoms. The van der Waals surface area contributed by atoms with Crippen molar-refractivity contribution < 1.29 is 4.79 Å². The van der Waals surface area contributed by atoms with Crippen LogP contribution in [0.25, 0.3) is 0 Å². The van der Waals surface area contributed by atoms with Crippen LogP contribution in [-0.2, 0) is 13.1 Å². The SMILES string of the molecule is CCCN1Cc2ccc(C(C)=O)cc2C1. The molecule has 0 atom stereocenters. The minimum absolute atomic E-state index is 0.159. The molecule has 0 unspecified atom stereocenters. The molecule has 0 N–H and O–H groups in total. The van der Waals surface area contributed by atoms with Gasteiger partial charge in [0.05, 0.1) is 0 Å². The molecule has 0 saturated carbocycles. The van der Waals surface area contributed by atoms with E-state index in [1.165, 1.54) is 17.5 Å². The first kappa shape index (κ1) is 10.4. The van der Waals surface area contributed by atoms with Gasteiger partial charge in [0.15, 0.2) is 5.78 Å². The predicted molar refractivity (Wildman–Crippen MR) is 60.9 cm³/mol. The number of Topliss-reactive ketones (excluding diaryl/α,β-unsaturated/α-hetero) is 1. The fourth-order valence-electron chi connectivity index (χ4n) is 2.16. The lowest BCUT2D eigenvalue weighted by atomic mass is 10.0. The molecule has 0 radical (unpaired) electrons. The smallest absolute Gasteiger partial charge is 0.159 e. The topological polar surface area (TPSA) is 20.3 Å². The zero-order valence-corrected chi connectivity index (χ0v) is 9.42. The Balaban J connectivity index is 2.20. The van der Waals surface area contributed by atoms with Crippen molar-refractivity contribution in [3.05, 3.63) is 34.9 Å². The van der Waals surface area contributed by atoms with Gasteiger partial charge in [0.1, 0.15) is 0 Å².